The zero-order chi connectivity index (χ0) is 15.1. The molecule has 4 nitrogen and oxygen atoms in total. The Morgan fingerprint density at radius 2 is 1.95 bits per heavy atom. The Balaban J connectivity index is 2.49. The first kappa shape index (κ1) is 16.2. The Bertz CT molecular complexity index is 524. The fourth-order valence-electron chi connectivity index (χ4n) is 1.64. The molecule has 0 saturated heterocycles. The van der Waals surface area contributed by atoms with Gasteiger partial charge in [0, 0.05) is 12.1 Å². The number of hydrogen-bond donors (Lipinski definition) is 3. The third-order valence-electron chi connectivity index (χ3n) is 2.56. The molecule has 5 heteroatoms. The van der Waals surface area contributed by atoms with Gasteiger partial charge in [0.2, 0.25) is 0 Å². The lowest BCUT2D eigenvalue weighted by atomic mass is 10.1. The number of carbonyl (C=O) groups excluding carboxylic acids is 1. The summed E-state index contributed by atoms with van der Waals surface area (Å²) in [6, 6.07) is 6.31. The summed E-state index contributed by atoms with van der Waals surface area (Å²) in [6.07, 6.45) is 3.26. The van der Waals surface area contributed by atoms with Crippen LogP contribution in [0.4, 0.5) is 0 Å². The molecule has 1 aromatic rings. The first-order valence-corrected chi connectivity index (χ1v) is 6.91. The molecule has 0 bridgehead atoms. The molecule has 0 aromatic heterocycles. The second-order valence-corrected chi connectivity index (χ2v) is 5.34. The Hall–Kier alpha value is -1.88. The van der Waals surface area contributed by atoms with Gasteiger partial charge in [-0.1, -0.05) is 23.8 Å². The lowest BCUT2D eigenvalue weighted by molar-refractivity contribution is -0.116. The van der Waals surface area contributed by atoms with Crippen LogP contribution in [0.25, 0.3) is 6.08 Å². The summed E-state index contributed by atoms with van der Waals surface area (Å²) in [5.74, 6) is -0.252. The van der Waals surface area contributed by atoms with Crippen molar-refractivity contribution in [2.45, 2.75) is 33.7 Å². The molecule has 0 aliphatic carbocycles. The number of carbonyl (C=O) groups is 1. The van der Waals surface area contributed by atoms with Gasteiger partial charge in [-0.05, 0) is 57.1 Å². The molecule has 0 spiro atoms. The Morgan fingerprint density at radius 3 is 2.55 bits per heavy atom. The van der Waals surface area contributed by atoms with Crippen LogP contribution >= 0.6 is 12.2 Å². The molecule has 1 aromatic carbocycles. The van der Waals surface area contributed by atoms with Gasteiger partial charge in [0.25, 0.3) is 5.91 Å². The van der Waals surface area contributed by atoms with E-state index in [1.165, 1.54) is 11.6 Å². The number of hydrazine groups is 1. The summed E-state index contributed by atoms with van der Waals surface area (Å²) in [5, 5.41) is 3.37. The molecule has 0 radical (unpaired) electrons. The third-order valence-corrected chi connectivity index (χ3v) is 2.78. The van der Waals surface area contributed by atoms with Crippen LogP contribution in [0.3, 0.4) is 0 Å². The molecular formula is C15H21N3OS. The largest absolute Gasteiger partial charge is 0.359 e. The summed E-state index contributed by atoms with van der Waals surface area (Å²) in [5.41, 5.74) is 8.52. The number of aryl methyl sites for hydroxylation is 2. The van der Waals surface area contributed by atoms with Gasteiger partial charge in [-0.15, -0.1) is 0 Å². The van der Waals surface area contributed by atoms with Crippen LogP contribution in [-0.2, 0) is 4.79 Å². The van der Waals surface area contributed by atoms with Crippen molar-refractivity contribution in [2.24, 2.45) is 0 Å². The number of thiocarbonyl (C=S) groups is 1. The Kier molecular flexibility index (Phi) is 6.18. The molecule has 3 N–H and O–H groups in total. The summed E-state index contributed by atoms with van der Waals surface area (Å²) >= 11 is 5.00. The van der Waals surface area contributed by atoms with Crippen molar-refractivity contribution in [3.63, 3.8) is 0 Å². The van der Waals surface area contributed by atoms with Crippen LogP contribution < -0.4 is 16.2 Å². The molecule has 20 heavy (non-hydrogen) atoms. The van der Waals surface area contributed by atoms with Crippen molar-refractivity contribution in [3.05, 3.63) is 41.0 Å². The smallest absolute Gasteiger partial charge is 0.262 e. The van der Waals surface area contributed by atoms with Gasteiger partial charge in [0.05, 0.1) is 0 Å². The standard InChI is InChI=1S/C15H21N3OS/c1-10(2)16-15(20)18-17-14(19)8-7-13-6-5-11(3)9-12(13)4/h5-10H,1-4H3,(H,17,19)(H2,16,18,20)/b8-7+. The summed E-state index contributed by atoms with van der Waals surface area (Å²) in [7, 11) is 0. The van der Waals surface area contributed by atoms with Crippen LogP contribution in [0, 0.1) is 13.8 Å². The maximum Gasteiger partial charge on any atom is 0.262 e. The highest BCUT2D eigenvalue weighted by Crippen LogP contribution is 2.11. The van der Waals surface area contributed by atoms with Crippen molar-refractivity contribution in [1.82, 2.24) is 16.2 Å². The van der Waals surface area contributed by atoms with E-state index in [0.717, 1.165) is 11.1 Å². The minimum Gasteiger partial charge on any atom is -0.359 e. The predicted octanol–water partition coefficient (Wildman–Crippen LogP) is 2.22. The van der Waals surface area contributed by atoms with Gasteiger partial charge in [-0.3, -0.25) is 15.6 Å². The van der Waals surface area contributed by atoms with Gasteiger partial charge < -0.3 is 5.32 Å². The average molecular weight is 291 g/mol. The van der Waals surface area contributed by atoms with Crippen LogP contribution in [0.5, 0.6) is 0 Å². The summed E-state index contributed by atoms with van der Waals surface area (Å²) in [4.78, 5) is 11.6. The van der Waals surface area contributed by atoms with Crippen molar-refractivity contribution in [3.8, 4) is 0 Å². The van der Waals surface area contributed by atoms with Gasteiger partial charge in [0.1, 0.15) is 0 Å². The summed E-state index contributed by atoms with van der Waals surface area (Å²) < 4.78 is 0. The van der Waals surface area contributed by atoms with Crippen LogP contribution in [0.2, 0.25) is 0 Å². The highest BCUT2D eigenvalue weighted by atomic mass is 32.1. The fourth-order valence-corrected chi connectivity index (χ4v) is 1.92. The zero-order valence-electron chi connectivity index (χ0n) is 12.3. The van der Waals surface area contributed by atoms with Crippen molar-refractivity contribution < 1.29 is 4.79 Å². The molecule has 0 atom stereocenters. The molecule has 108 valence electrons. The average Bonchev–Trinajstić information content (AvgIpc) is 2.34. The monoisotopic (exact) mass is 291 g/mol. The maximum absolute atomic E-state index is 11.6. The quantitative estimate of drug-likeness (QED) is 0.454. The van der Waals surface area contributed by atoms with Crippen molar-refractivity contribution in [2.75, 3.05) is 0 Å². The topological polar surface area (TPSA) is 53.2 Å². The Morgan fingerprint density at radius 1 is 1.25 bits per heavy atom. The van der Waals surface area contributed by atoms with E-state index < -0.39 is 0 Å². The number of amides is 1. The van der Waals surface area contributed by atoms with E-state index in [4.69, 9.17) is 12.2 Å². The van der Waals surface area contributed by atoms with Crippen molar-refractivity contribution >= 4 is 29.3 Å². The molecule has 0 aliphatic heterocycles. The van der Waals surface area contributed by atoms with E-state index in [1.54, 1.807) is 6.08 Å². The SMILES string of the molecule is Cc1ccc(/C=C/C(=O)NNC(=S)NC(C)C)c(C)c1. The second-order valence-electron chi connectivity index (χ2n) is 4.94. The predicted molar refractivity (Wildman–Crippen MR) is 87.1 cm³/mol. The van der Waals surface area contributed by atoms with Gasteiger partial charge in [-0.25, -0.2) is 0 Å². The molecule has 1 amide bonds. The molecule has 0 aliphatic rings. The highest BCUT2D eigenvalue weighted by molar-refractivity contribution is 7.80. The number of rotatable bonds is 3. The van der Waals surface area contributed by atoms with Gasteiger partial charge >= 0.3 is 0 Å². The van der Waals surface area contributed by atoms with Gasteiger partial charge in [-0.2, -0.15) is 0 Å². The lowest BCUT2D eigenvalue weighted by Gasteiger charge is -2.12. The maximum atomic E-state index is 11.6. The van der Waals surface area contributed by atoms with E-state index in [1.807, 2.05) is 39.8 Å². The first-order valence-electron chi connectivity index (χ1n) is 6.50. The fraction of sp³-hybridized carbons (Fsp3) is 0.333. The molecule has 0 unspecified atom stereocenters. The third kappa shape index (κ3) is 5.84. The normalized spacial score (nSPS) is 10.7. The van der Waals surface area contributed by atoms with Crippen LogP contribution in [0.1, 0.15) is 30.5 Å². The number of nitrogens with one attached hydrogen (secondary N) is 3. The Labute approximate surface area is 125 Å². The highest BCUT2D eigenvalue weighted by Gasteiger charge is 2.00. The minimum atomic E-state index is -0.252. The van der Waals surface area contributed by atoms with Crippen LogP contribution in [-0.4, -0.2) is 17.1 Å². The molecule has 0 heterocycles. The minimum absolute atomic E-state index is 0.220. The zero-order valence-corrected chi connectivity index (χ0v) is 13.1. The second kappa shape index (κ2) is 7.65. The van der Waals surface area contributed by atoms with E-state index in [9.17, 15) is 4.79 Å². The van der Waals surface area contributed by atoms with Crippen molar-refractivity contribution in [1.29, 1.82) is 0 Å². The van der Waals surface area contributed by atoms with E-state index in [-0.39, 0.29) is 11.9 Å². The summed E-state index contributed by atoms with van der Waals surface area (Å²) in [6.45, 7) is 8.00. The van der Waals surface area contributed by atoms with Crippen LogP contribution in [0.15, 0.2) is 24.3 Å². The lowest BCUT2D eigenvalue weighted by Crippen LogP contribution is -2.48. The molecule has 0 fully saturated rings. The molecular weight excluding hydrogens is 270 g/mol. The number of benzene rings is 1. The van der Waals surface area contributed by atoms with E-state index in [2.05, 4.69) is 22.2 Å². The first-order chi connectivity index (χ1) is 9.38. The van der Waals surface area contributed by atoms with E-state index in [0.29, 0.717) is 5.11 Å². The van der Waals surface area contributed by atoms with E-state index >= 15 is 0 Å². The molecule has 1 rings (SSSR count). The number of hydrogen-bond acceptors (Lipinski definition) is 2. The molecule has 0 saturated carbocycles. The van der Waals surface area contributed by atoms with Gasteiger partial charge in [0.15, 0.2) is 5.11 Å².